The lowest BCUT2D eigenvalue weighted by Gasteiger charge is -2.06. The van der Waals surface area contributed by atoms with E-state index in [4.69, 9.17) is 0 Å². The van der Waals surface area contributed by atoms with E-state index in [1.165, 1.54) is 44.9 Å². The summed E-state index contributed by atoms with van der Waals surface area (Å²) in [5.41, 5.74) is 0. The Hall–Kier alpha value is -0.510. The highest BCUT2D eigenvalue weighted by molar-refractivity contribution is 4.81. The molecule has 0 heterocycles. The lowest BCUT2D eigenvalue weighted by Crippen LogP contribution is -2.17. The van der Waals surface area contributed by atoms with Crippen LogP contribution in [0.3, 0.4) is 0 Å². The van der Waals surface area contributed by atoms with E-state index in [0.29, 0.717) is 6.42 Å². The second-order valence-corrected chi connectivity index (χ2v) is 5.54. The first-order chi connectivity index (χ1) is 10.1. The van der Waals surface area contributed by atoms with Crippen molar-refractivity contribution in [2.75, 3.05) is 13.2 Å². The molecule has 0 atom stereocenters. The Labute approximate surface area is 127 Å². The second-order valence-electron chi connectivity index (χ2n) is 5.54. The van der Waals surface area contributed by atoms with Crippen LogP contribution in [0.2, 0.25) is 0 Å². The van der Waals surface area contributed by atoms with Crippen molar-refractivity contribution in [2.24, 2.45) is 0 Å². The average molecular weight is 308 g/mol. The predicted molar refractivity (Wildman–Crippen MR) is 82.5 cm³/mol. The largest absolute Gasteiger partial charge is 0.411 e. The molecule has 1 nitrogen and oxygen atoms in total. The van der Waals surface area contributed by atoms with Crippen LogP contribution in [-0.4, -0.2) is 19.4 Å². The van der Waals surface area contributed by atoms with Gasteiger partial charge in [-0.25, -0.2) is 0 Å². The monoisotopic (exact) mass is 308 g/mol. The van der Waals surface area contributed by atoms with E-state index in [-0.39, 0.29) is 6.61 Å². The summed E-state index contributed by atoms with van der Waals surface area (Å²) in [5, 5.41) is 0. The lowest BCUT2D eigenvalue weighted by atomic mass is 10.1. The van der Waals surface area contributed by atoms with Gasteiger partial charge in [-0.05, 0) is 32.1 Å². The van der Waals surface area contributed by atoms with Crippen molar-refractivity contribution in [1.29, 1.82) is 0 Å². The van der Waals surface area contributed by atoms with Crippen LogP contribution in [0.25, 0.3) is 0 Å². The molecule has 0 fully saturated rings. The van der Waals surface area contributed by atoms with E-state index in [1.807, 2.05) is 0 Å². The SMILES string of the molecule is CCCCCCCCCC=CCCCCOCC(F)(F)F. The van der Waals surface area contributed by atoms with Gasteiger partial charge >= 0.3 is 6.18 Å². The fourth-order valence-electron chi connectivity index (χ4n) is 2.11. The minimum Gasteiger partial charge on any atom is -0.372 e. The molecule has 0 saturated carbocycles. The van der Waals surface area contributed by atoms with Crippen molar-refractivity contribution in [3.05, 3.63) is 12.2 Å². The van der Waals surface area contributed by atoms with Crippen LogP contribution in [0, 0.1) is 0 Å². The Morgan fingerprint density at radius 2 is 1.29 bits per heavy atom. The fourth-order valence-corrected chi connectivity index (χ4v) is 2.11. The van der Waals surface area contributed by atoms with Crippen LogP contribution in [-0.2, 0) is 4.74 Å². The molecule has 0 rings (SSSR count). The maximum atomic E-state index is 11.8. The molecule has 0 radical (unpaired) electrons. The number of unbranched alkanes of at least 4 members (excludes halogenated alkanes) is 9. The zero-order chi connectivity index (χ0) is 15.8. The Morgan fingerprint density at radius 3 is 1.86 bits per heavy atom. The number of hydrogen-bond donors (Lipinski definition) is 0. The number of halogens is 3. The van der Waals surface area contributed by atoms with E-state index >= 15 is 0 Å². The third-order valence-electron chi connectivity index (χ3n) is 3.32. The van der Waals surface area contributed by atoms with E-state index in [1.54, 1.807) is 0 Å². The molecule has 0 bridgehead atoms. The maximum absolute atomic E-state index is 11.8. The van der Waals surface area contributed by atoms with Gasteiger partial charge in [0.2, 0.25) is 0 Å². The summed E-state index contributed by atoms with van der Waals surface area (Å²) in [6.45, 7) is 1.31. The number of alkyl halides is 3. The third-order valence-corrected chi connectivity index (χ3v) is 3.32. The summed E-state index contributed by atoms with van der Waals surface area (Å²) < 4.78 is 39.9. The molecule has 0 amide bonds. The summed E-state index contributed by atoms with van der Waals surface area (Å²) in [6, 6.07) is 0. The van der Waals surface area contributed by atoms with Crippen molar-refractivity contribution in [1.82, 2.24) is 0 Å². The first-order valence-electron chi connectivity index (χ1n) is 8.35. The molecule has 0 unspecified atom stereocenters. The van der Waals surface area contributed by atoms with Crippen LogP contribution < -0.4 is 0 Å². The molecule has 4 heteroatoms. The minimum atomic E-state index is -4.20. The molecular weight excluding hydrogens is 277 g/mol. The van der Waals surface area contributed by atoms with Crippen molar-refractivity contribution < 1.29 is 17.9 Å². The van der Waals surface area contributed by atoms with Gasteiger partial charge in [-0.1, -0.05) is 57.6 Å². The molecule has 0 aromatic rings. The molecule has 0 aliphatic heterocycles. The molecule has 0 aliphatic carbocycles. The van der Waals surface area contributed by atoms with Crippen LogP contribution in [0.15, 0.2) is 12.2 Å². The van der Waals surface area contributed by atoms with Gasteiger partial charge in [0, 0.05) is 6.61 Å². The summed E-state index contributed by atoms with van der Waals surface area (Å²) in [7, 11) is 0. The highest BCUT2D eigenvalue weighted by atomic mass is 19.4. The zero-order valence-corrected chi connectivity index (χ0v) is 13.4. The van der Waals surface area contributed by atoms with E-state index in [0.717, 1.165) is 19.3 Å². The number of allylic oxidation sites excluding steroid dienone is 2. The van der Waals surface area contributed by atoms with Gasteiger partial charge in [0.15, 0.2) is 0 Å². The van der Waals surface area contributed by atoms with Gasteiger partial charge in [0.1, 0.15) is 6.61 Å². The molecule has 126 valence electrons. The Kier molecular flexibility index (Phi) is 14.1. The summed E-state index contributed by atoms with van der Waals surface area (Å²) in [6.07, 6.45) is 13.0. The standard InChI is InChI=1S/C17H31F3O/c1-2-3-4-5-6-7-8-9-10-11-12-13-14-15-21-16-17(18,19)20/h10-11H,2-9,12-16H2,1H3. The van der Waals surface area contributed by atoms with Crippen LogP contribution >= 0.6 is 0 Å². The predicted octanol–water partition coefficient (Wildman–Crippen LogP) is 6.43. The van der Waals surface area contributed by atoms with Gasteiger partial charge in [0.25, 0.3) is 0 Å². The van der Waals surface area contributed by atoms with Crippen molar-refractivity contribution >= 4 is 0 Å². The molecule has 21 heavy (non-hydrogen) atoms. The highest BCUT2D eigenvalue weighted by Gasteiger charge is 2.26. The minimum absolute atomic E-state index is 0.200. The topological polar surface area (TPSA) is 9.23 Å². The molecule has 0 N–H and O–H groups in total. The lowest BCUT2D eigenvalue weighted by molar-refractivity contribution is -0.174. The Balaban J connectivity index is 3.12. The highest BCUT2D eigenvalue weighted by Crippen LogP contribution is 2.14. The molecule has 0 aromatic carbocycles. The van der Waals surface area contributed by atoms with Gasteiger partial charge in [-0.3, -0.25) is 0 Å². The first kappa shape index (κ1) is 20.5. The molecule has 0 saturated heterocycles. The summed E-state index contributed by atoms with van der Waals surface area (Å²) in [5.74, 6) is 0. The van der Waals surface area contributed by atoms with Gasteiger partial charge in [0.05, 0.1) is 0 Å². The van der Waals surface area contributed by atoms with Crippen LogP contribution in [0.5, 0.6) is 0 Å². The maximum Gasteiger partial charge on any atom is 0.411 e. The van der Waals surface area contributed by atoms with E-state index in [2.05, 4.69) is 23.8 Å². The zero-order valence-electron chi connectivity index (χ0n) is 13.4. The number of hydrogen-bond acceptors (Lipinski definition) is 1. The second kappa shape index (κ2) is 14.4. The molecule has 0 aliphatic rings. The first-order valence-corrected chi connectivity index (χ1v) is 8.35. The normalized spacial score (nSPS) is 12.4. The fraction of sp³-hybridized carbons (Fsp3) is 0.882. The Morgan fingerprint density at radius 1 is 0.762 bits per heavy atom. The van der Waals surface area contributed by atoms with E-state index in [9.17, 15) is 13.2 Å². The van der Waals surface area contributed by atoms with Crippen LogP contribution in [0.1, 0.15) is 77.6 Å². The van der Waals surface area contributed by atoms with Gasteiger partial charge < -0.3 is 4.74 Å². The Bertz CT molecular complexity index is 237. The van der Waals surface area contributed by atoms with Gasteiger partial charge in [-0.15, -0.1) is 0 Å². The average Bonchev–Trinajstić information content (AvgIpc) is 2.42. The van der Waals surface area contributed by atoms with Gasteiger partial charge in [-0.2, -0.15) is 13.2 Å². The number of rotatable bonds is 14. The molecule has 0 aromatic heterocycles. The van der Waals surface area contributed by atoms with Crippen LogP contribution in [0.4, 0.5) is 13.2 Å². The third kappa shape index (κ3) is 19.5. The smallest absolute Gasteiger partial charge is 0.372 e. The number of ether oxygens (including phenoxy) is 1. The summed E-state index contributed by atoms with van der Waals surface area (Å²) >= 11 is 0. The molecule has 0 spiro atoms. The summed E-state index contributed by atoms with van der Waals surface area (Å²) in [4.78, 5) is 0. The van der Waals surface area contributed by atoms with Crippen molar-refractivity contribution in [3.63, 3.8) is 0 Å². The quantitative estimate of drug-likeness (QED) is 0.265. The molecular formula is C17H31F3O. The van der Waals surface area contributed by atoms with Crippen molar-refractivity contribution in [3.8, 4) is 0 Å². The van der Waals surface area contributed by atoms with E-state index < -0.39 is 12.8 Å². The van der Waals surface area contributed by atoms with Crippen molar-refractivity contribution in [2.45, 2.75) is 83.7 Å².